The van der Waals surface area contributed by atoms with Crippen molar-refractivity contribution in [3.63, 3.8) is 0 Å². The number of rotatable bonds is 3. The number of nitrogens with one attached hydrogen (secondary N) is 1. The van der Waals surface area contributed by atoms with Gasteiger partial charge in [0.2, 0.25) is 0 Å². The topological polar surface area (TPSA) is 67.5 Å². The van der Waals surface area contributed by atoms with Gasteiger partial charge in [-0.25, -0.2) is 0 Å². The predicted octanol–water partition coefficient (Wildman–Crippen LogP) is 3.77. The van der Waals surface area contributed by atoms with Gasteiger partial charge in [-0.3, -0.25) is 9.89 Å². The number of fused-ring (bicyclic) bond motifs is 1. The Kier molecular flexibility index (Phi) is 5.10. The number of aromatic amines is 1. The van der Waals surface area contributed by atoms with Gasteiger partial charge >= 0.3 is 0 Å². The fourth-order valence-corrected chi connectivity index (χ4v) is 4.08. The zero-order chi connectivity index (χ0) is 19.0. The van der Waals surface area contributed by atoms with Crippen LogP contribution >= 0.6 is 11.6 Å². The average molecular weight is 390 g/mol. The van der Waals surface area contributed by atoms with Gasteiger partial charge in [0, 0.05) is 37.9 Å². The van der Waals surface area contributed by atoms with Crippen molar-refractivity contribution in [2.24, 2.45) is 0 Å². The molecule has 1 aromatic heterocycles. The number of carbonyl (C=O) groups is 1. The van der Waals surface area contributed by atoms with Gasteiger partial charge in [0.15, 0.2) is 5.69 Å². The van der Waals surface area contributed by atoms with Crippen LogP contribution in [0.3, 0.4) is 0 Å². The lowest BCUT2D eigenvalue weighted by molar-refractivity contribution is -0.00704. The van der Waals surface area contributed by atoms with Gasteiger partial charge < -0.3 is 14.4 Å². The van der Waals surface area contributed by atoms with E-state index in [1.54, 1.807) is 0 Å². The molecule has 27 heavy (non-hydrogen) atoms. The number of carbonyl (C=O) groups excluding carboxylic acids is 1. The minimum atomic E-state index is -0.0624. The van der Waals surface area contributed by atoms with E-state index >= 15 is 0 Å². The summed E-state index contributed by atoms with van der Waals surface area (Å²) in [6.07, 6.45) is 2.36. The molecule has 0 saturated carbocycles. The fraction of sp³-hybridized carbons (Fsp3) is 0.500. The van der Waals surface area contributed by atoms with Crippen LogP contribution in [-0.2, 0) is 11.2 Å². The van der Waals surface area contributed by atoms with Crippen LogP contribution in [0.2, 0.25) is 5.02 Å². The number of likely N-dealkylation sites (tertiary alicyclic amines) is 1. The third-order valence-electron chi connectivity index (χ3n) is 5.30. The SMILES string of the molecule is C[C@@H]1Cc2c(C(=O)N3CCC(Oc4ccccc4Cl)CC3)n[nH]c2[C@H](C)O1. The van der Waals surface area contributed by atoms with Gasteiger partial charge in [0.1, 0.15) is 11.9 Å². The smallest absolute Gasteiger partial charge is 0.274 e. The first kappa shape index (κ1) is 18.3. The van der Waals surface area contributed by atoms with E-state index in [-0.39, 0.29) is 24.2 Å². The maximum atomic E-state index is 13.0. The molecule has 2 aromatic rings. The Morgan fingerprint density at radius 3 is 2.78 bits per heavy atom. The van der Waals surface area contributed by atoms with E-state index in [0.29, 0.717) is 36.0 Å². The second kappa shape index (κ2) is 7.52. The molecule has 1 saturated heterocycles. The van der Waals surface area contributed by atoms with E-state index in [0.717, 1.165) is 24.1 Å². The van der Waals surface area contributed by atoms with Crippen molar-refractivity contribution in [3.05, 3.63) is 46.2 Å². The second-order valence-electron chi connectivity index (χ2n) is 7.30. The van der Waals surface area contributed by atoms with Gasteiger partial charge in [0.25, 0.3) is 5.91 Å². The van der Waals surface area contributed by atoms with E-state index < -0.39 is 0 Å². The summed E-state index contributed by atoms with van der Waals surface area (Å²) in [5.41, 5.74) is 2.46. The highest BCUT2D eigenvalue weighted by molar-refractivity contribution is 6.32. The molecule has 6 nitrogen and oxygen atoms in total. The predicted molar refractivity (Wildman–Crippen MR) is 102 cm³/mol. The summed E-state index contributed by atoms with van der Waals surface area (Å²) in [5, 5.41) is 7.93. The van der Waals surface area contributed by atoms with Crippen molar-refractivity contribution in [1.29, 1.82) is 0 Å². The molecule has 144 valence electrons. The number of nitrogens with zero attached hydrogens (tertiary/aromatic N) is 2. The lowest BCUT2D eigenvalue weighted by Gasteiger charge is -2.32. The monoisotopic (exact) mass is 389 g/mol. The van der Waals surface area contributed by atoms with Gasteiger partial charge in [-0.2, -0.15) is 5.10 Å². The van der Waals surface area contributed by atoms with Crippen LogP contribution in [0.4, 0.5) is 0 Å². The van der Waals surface area contributed by atoms with Crippen LogP contribution < -0.4 is 4.74 Å². The normalized spacial score (nSPS) is 23.1. The molecule has 0 bridgehead atoms. The lowest BCUT2D eigenvalue weighted by Crippen LogP contribution is -2.42. The summed E-state index contributed by atoms with van der Waals surface area (Å²) < 4.78 is 11.8. The molecule has 1 N–H and O–H groups in total. The number of para-hydroxylation sites is 1. The van der Waals surface area contributed by atoms with Gasteiger partial charge in [-0.15, -0.1) is 0 Å². The third-order valence-corrected chi connectivity index (χ3v) is 5.61. The molecule has 3 heterocycles. The Hall–Kier alpha value is -2.05. The molecule has 0 radical (unpaired) electrons. The first-order valence-electron chi connectivity index (χ1n) is 9.46. The Labute approximate surface area is 163 Å². The largest absolute Gasteiger partial charge is 0.489 e. The van der Waals surface area contributed by atoms with Crippen LogP contribution in [0.25, 0.3) is 0 Å². The van der Waals surface area contributed by atoms with E-state index in [1.165, 1.54) is 0 Å². The van der Waals surface area contributed by atoms with Crippen LogP contribution in [0, 0.1) is 0 Å². The summed E-state index contributed by atoms with van der Waals surface area (Å²) in [5.74, 6) is 0.693. The summed E-state index contributed by atoms with van der Waals surface area (Å²) in [6, 6.07) is 7.49. The maximum Gasteiger partial charge on any atom is 0.274 e. The van der Waals surface area contributed by atoms with E-state index in [4.69, 9.17) is 21.1 Å². The van der Waals surface area contributed by atoms with Crippen molar-refractivity contribution in [2.45, 2.75) is 51.4 Å². The van der Waals surface area contributed by atoms with E-state index in [2.05, 4.69) is 10.2 Å². The van der Waals surface area contributed by atoms with Crippen molar-refractivity contribution in [2.75, 3.05) is 13.1 Å². The molecule has 7 heteroatoms. The molecular formula is C20H24ClN3O3. The van der Waals surface area contributed by atoms with Crippen molar-refractivity contribution >= 4 is 17.5 Å². The molecule has 2 atom stereocenters. The third kappa shape index (κ3) is 3.69. The summed E-state index contributed by atoms with van der Waals surface area (Å²) in [4.78, 5) is 14.9. The summed E-state index contributed by atoms with van der Waals surface area (Å²) in [7, 11) is 0. The zero-order valence-corrected chi connectivity index (χ0v) is 16.3. The highest BCUT2D eigenvalue weighted by Crippen LogP contribution is 2.31. The van der Waals surface area contributed by atoms with Crippen molar-refractivity contribution in [1.82, 2.24) is 15.1 Å². The minimum Gasteiger partial charge on any atom is -0.489 e. The number of halogens is 1. The molecule has 4 rings (SSSR count). The van der Waals surface area contributed by atoms with Gasteiger partial charge in [-0.05, 0) is 26.0 Å². The molecule has 0 unspecified atom stereocenters. The number of amides is 1. The van der Waals surface area contributed by atoms with Crippen LogP contribution in [0.15, 0.2) is 24.3 Å². The molecule has 2 aliphatic rings. The van der Waals surface area contributed by atoms with E-state index in [1.807, 2.05) is 43.0 Å². The number of hydrogen-bond acceptors (Lipinski definition) is 4. The Morgan fingerprint density at radius 1 is 1.30 bits per heavy atom. The van der Waals surface area contributed by atoms with Crippen LogP contribution in [0.1, 0.15) is 54.5 Å². The minimum absolute atomic E-state index is 0.00927. The molecule has 2 aliphatic heterocycles. The first-order valence-corrected chi connectivity index (χ1v) is 9.83. The average Bonchev–Trinajstić information content (AvgIpc) is 3.08. The number of aromatic nitrogens is 2. The quantitative estimate of drug-likeness (QED) is 0.867. The van der Waals surface area contributed by atoms with Crippen molar-refractivity contribution < 1.29 is 14.3 Å². The number of benzene rings is 1. The standard InChI is InChI=1S/C20H24ClN3O3/c1-12-11-15-18(13(2)26-12)22-23-19(15)20(25)24-9-7-14(8-10-24)27-17-6-4-3-5-16(17)21/h3-6,12-14H,7-11H2,1-2H3,(H,22,23)/t12-,13+/m1/s1. The number of piperidine rings is 1. The molecule has 1 amide bonds. The first-order chi connectivity index (χ1) is 13.0. The highest BCUT2D eigenvalue weighted by atomic mass is 35.5. The second-order valence-corrected chi connectivity index (χ2v) is 7.70. The zero-order valence-electron chi connectivity index (χ0n) is 15.6. The van der Waals surface area contributed by atoms with Crippen LogP contribution in [0.5, 0.6) is 5.75 Å². The lowest BCUT2D eigenvalue weighted by atomic mass is 9.98. The summed E-state index contributed by atoms with van der Waals surface area (Å²) in [6.45, 7) is 5.31. The highest BCUT2D eigenvalue weighted by Gasteiger charge is 2.33. The molecule has 1 fully saturated rings. The Morgan fingerprint density at radius 2 is 2.04 bits per heavy atom. The summed E-state index contributed by atoms with van der Waals surface area (Å²) >= 11 is 6.17. The molecular weight excluding hydrogens is 366 g/mol. The Bertz CT molecular complexity index is 830. The van der Waals surface area contributed by atoms with Gasteiger partial charge in [0.05, 0.1) is 22.9 Å². The van der Waals surface area contributed by atoms with E-state index in [9.17, 15) is 4.79 Å². The fourth-order valence-electron chi connectivity index (χ4n) is 3.90. The number of ether oxygens (including phenoxy) is 2. The number of H-pyrrole nitrogens is 1. The van der Waals surface area contributed by atoms with Crippen LogP contribution in [-0.4, -0.2) is 46.3 Å². The number of hydrogen-bond donors (Lipinski definition) is 1. The molecule has 0 spiro atoms. The molecule has 0 aliphatic carbocycles. The van der Waals surface area contributed by atoms with Gasteiger partial charge in [-0.1, -0.05) is 23.7 Å². The maximum absolute atomic E-state index is 13.0. The molecule has 1 aromatic carbocycles. The Balaban J connectivity index is 1.40. The van der Waals surface area contributed by atoms with Crippen molar-refractivity contribution in [3.8, 4) is 5.75 Å².